The number of carbonyl (C=O) groups excluding carboxylic acids is 1. The molecule has 3 heterocycles. The fourth-order valence-electron chi connectivity index (χ4n) is 3.25. The molecule has 8 heteroatoms. The molecular weight excluding hydrogens is 396 g/mol. The third-order valence-electron chi connectivity index (χ3n) is 4.68. The maximum absolute atomic E-state index is 13.3. The summed E-state index contributed by atoms with van der Waals surface area (Å²) in [4.78, 5) is 21.6. The maximum Gasteiger partial charge on any atom is 0.259 e. The van der Waals surface area contributed by atoms with Gasteiger partial charge in [-0.2, -0.15) is 0 Å². The van der Waals surface area contributed by atoms with Crippen molar-refractivity contribution in [2.45, 2.75) is 27.3 Å². The van der Waals surface area contributed by atoms with Crippen molar-refractivity contribution in [2.24, 2.45) is 0 Å². The van der Waals surface area contributed by atoms with Crippen LogP contribution in [-0.4, -0.2) is 32.4 Å². The lowest BCUT2D eigenvalue weighted by molar-refractivity contribution is 0.0782. The average molecular weight is 415 g/mol. The van der Waals surface area contributed by atoms with Gasteiger partial charge >= 0.3 is 0 Å². The predicted octanol–water partition coefficient (Wildman–Crippen LogP) is 4.90. The minimum absolute atomic E-state index is 0.171. The van der Waals surface area contributed by atoms with Gasteiger partial charge < -0.3 is 9.42 Å². The van der Waals surface area contributed by atoms with Crippen molar-refractivity contribution < 1.29 is 9.32 Å². The predicted molar refractivity (Wildman–Crippen MR) is 110 cm³/mol. The summed E-state index contributed by atoms with van der Waals surface area (Å²) < 4.78 is 7.39. The van der Waals surface area contributed by atoms with Gasteiger partial charge in [-0.3, -0.25) is 9.20 Å². The lowest BCUT2D eigenvalue weighted by Crippen LogP contribution is -2.27. The van der Waals surface area contributed by atoms with E-state index in [0.29, 0.717) is 34.1 Å². The van der Waals surface area contributed by atoms with Gasteiger partial charge in [0.15, 0.2) is 4.96 Å². The molecule has 0 radical (unpaired) electrons. The van der Waals surface area contributed by atoms with E-state index in [9.17, 15) is 4.79 Å². The Hall–Kier alpha value is -2.64. The van der Waals surface area contributed by atoms with Crippen molar-refractivity contribution >= 4 is 33.8 Å². The number of benzene rings is 1. The molecule has 0 saturated carbocycles. The van der Waals surface area contributed by atoms with Crippen LogP contribution in [0, 0.1) is 20.8 Å². The molecule has 0 fully saturated rings. The highest BCUT2D eigenvalue weighted by Gasteiger charge is 2.26. The summed E-state index contributed by atoms with van der Waals surface area (Å²) in [5.41, 5.74) is 3.47. The lowest BCUT2D eigenvalue weighted by Gasteiger charge is -2.17. The number of aromatic nitrogens is 3. The van der Waals surface area contributed by atoms with Crippen molar-refractivity contribution in [3.8, 4) is 11.3 Å². The number of imidazole rings is 1. The molecule has 3 aromatic heterocycles. The molecule has 0 unspecified atom stereocenters. The highest BCUT2D eigenvalue weighted by molar-refractivity contribution is 7.17. The summed E-state index contributed by atoms with van der Waals surface area (Å²) in [7, 11) is 1.77. The Morgan fingerprint density at radius 3 is 2.79 bits per heavy atom. The lowest BCUT2D eigenvalue weighted by atomic mass is 10.1. The molecule has 0 aliphatic carbocycles. The van der Waals surface area contributed by atoms with Crippen molar-refractivity contribution in [1.29, 1.82) is 0 Å². The second-order valence-corrected chi connectivity index (χ2v) is 8.36. The Labute approximate surface area is 171 Å². The Morgan fingerprint density at radius 2 is 2.04 bits per heavy atom. The minimum atomic E-state index is -0.171. The zero-order valence-electron chi connectivity index (χ0n) is 16.0. The van der Waals surface area contributed by atoms with Crippen LogP contribution in [0.2, 0.25) is 5.02 Å². The van der Waals surface area contributed by atoms with Gasteiger partial charge in [-0.05, 0) is 26.8 Å². The van der Waals surface area contributed by atoms with Gasteiger partial charge in [0, 0.05) is 23.7 Å². The zero-order chi connectivity index (χ0) is 20.0. The maximum atomic E-state index is 13.3. The van der Waals surface area contributed by atoms with Crippen molar-refractivity contribution in [3.63, 3.8) is 0 Å². The molecule has 0 aliphatic heterocycles. The molecule has 4 rings (SSSR count). The van der Waals surface area contributed by atoms with E-state index in [1.165, 1.54) is 4.88 Å². The summed E-state index contributed by atoms with van der Waals surface area (Å²) >= 11 is 7.94. The first-order valence-electron chi connectivity index (χ1n) is 8.77. The third-order valence-corrected chi connectivity index (χ3v) is 5.91. The van der Waals surface area contributed by atoms with Crippen LogP contribution in [0.15, 0.2) is 35.0 Å². The first kappa shape index (κ1) is 18.7. The van der Waals surface area contributed by atoms with Crippen molar-refractivity contribution in [1.82, 2.24) is 19.4 Å². The molecule has 0 saturated heterocycles. The molecule has 1 amide bonds. The number of halogens is 1. The van der Waals surface area contributed by atoms with Gasteiger partial charge in [0.25, 0.3) is 5.91 Å². The van der Waals surface area contributed by atoms with E-state index in [0.717, 1.165) is 16.3 Å². The number of amides is 1. The number of carbonyl (C=O) groups is 1. The van der Waals surface area contributed by atoms with Crippen LogP contribution in [0.25, 0.3) is 16.2 Å². The standard InChI is InChI=1S/C20H19ClN4O2S/c1-11-9-25-16(12(2)22-20(25)28-11)10-24(4)19(26)17-13(3)27-23-18(17)14-7-5-6-8-15(14)21/h5-9H,10H2,1-4H3. The monoisotopic (exact) mass is 414 g/mol. The fraction of sp³-hybridized carbons (Fsp3) is 0.250. The number of fused-ring (bicyclic) bond motifs is 1. The molecular formula is C20H19ClN4O2S. The van der Waals surface area contributed by atoms with Crippen LogP contribution < -0.4 is 0 Å². The summed E-state index contributed by atoms with van der Waals surface area (Å²) in [6, 6.07) is 7.29. The summed E-state index contributed by atoms with van der Waals surface area (Å²) in [6.07, 6.45) is 2.05. The van der Waals surface area contributed by atoms with Crippen LogP contribution in [0.3, 0.4) is 0 Å². The first-order chi connectivity index (χ1) is 13.4. The Morgan fingerprint density at radius 1 is 1.29 bits per heavy atom. The van der Waals surface area contributed by atoms with Crippen LogP contribution in [0.4, 0.5) is 0 Å². The van der Waals surface area contributed by atoms with Gasteiger partial charge in [0.1, 0.15) is 17.0 Å². The highest BCUT2D eigenvalue weighted by Crippen LogP contribution is 2.32. The Bertz CT molecular complexity index is 1190. The molecule has 0 aliphatic rings. The van der Waals surface area contributed by atoms with Crippen LogP contribution >= 0.6 is 22.9 Å². The van der Waals surface area contributed by atoms with E-state index in [2.05, 4.69) is 14.5 Å². The second-order valence-electron chi connectivity index (χ2n) is 6.74. The van der Waals surface area contributed by atoms with E-state index >= 15 is 0 Å². The number of nitrogens with zero attached hydrogens (tertiary/aromatic N) is 4. The number of rotatable bonds is 4. The second kappa shape index (κ2) is 7.07. The summed E-state index contributed by atoms with van der Waals surface area (Å²) in [6.45, 7) is 6.17. The fourth-order valence-corrected chi connectivity index (χ4v) is 4.36. The van der Waals surface area contributed by atoms with Crippen molar-refractivity contribution in [3.05, 3.63) is 63.1 Å². The highest BCUT2D eigenvalue weighted by atomic mass is 35.5. The normalized spacial score (nSPS) is 11.3. The van der Waals surface area contributed by atoms with Crippen LogP contribution in [-0.2, 0) is 6.54 Å². The molecule has 1 aromatic carbocycles. The Kier molecular flexibility index (Phi) is 4.72. The van der Waals surface area contributed by atoms with Gasteiger partial charge in [0.2, 0.25) is 0 Å². The molecule has 28 heavy (non-hydrogen) atoms. The number of hydrogen-bond acceptors (Lipinski definition) is 5. The van der Waals surface area contributed by atoms with Crippen LogP contribution in [0.1, 0.15) is 32.4 Å². The first-order valence-corrected chi connectivity index (χ1v) is 9.97. The molecule has 6 nitrogen and oxygen atoms in total. The number of thiazole rings is 1. The average Bonchev–Trinajstić information content (AvgIpc) is 3.28. The van der Waals surface area contributed by atoms with E-state index in [1.54, 1.807) is 36.3 Å². The summed E-state index contributed by atoms with van der Waals surface area (Å²) in [5.74, 6) is 0.295. The molecule has 0 atom stereocenters. The Balaban J connectivity index is 1.69. The van der Waals surface area contributed by atoms with Crippen molar-refractivity contribution in [2.75, 3.05) is 7.05 Å². The van der Waals surface area contributed by atoms with Crippen LogP contribution in [0.5, 0.6) is 0 Å². The third kappa shape index (κ3) is 3.10. The molecule has 0 bridgehead atoms. The van der Waals surface area contributed by atoms with E-state index in [-0.39, 0.29) is 5.91 Å². The van der Waals surface area contributed by atoms with E-state index in [4.69, 9.17) is 16.1 Å². The molecule has 0 spiro atoms. The van der Waals surface area contributed by atoms with E-state index in [1.807, 2.05) is 38.2 Å². The van der Waals surface area contributed by atoms with Gasteiger partial charge in [-0.25, -0.2) is 4.98 Å². The van der Waals surface area contributed by atoms with Gasteiger partial charge in [0.05, 0.1) is 23.0 Å². The topological polar surface area (TPSA) is 63.6 Å². The number of aryl methyl sites for hydroxylation is 3. The zero-order valence-corrected chi connectivity index (χ0v) is 17.6. The smallest absolute Gasteiger partial charge is 0.259 e. The van der Waals surface area contributed by atoms with Gasteiger partial charge in [-0.15, -0.1) is 11.3 Å². The number of hydrogen-bond donors (Lipinski definition) is 0. The van der Waals surface area contributed by atoms with E-state index < -0.39 is 0 Å². The molecule has 0 N–H and O–H groups in total. The summed E-state index contributed by atoms with van der Waals surface area (Å²) in [5, 5.41) is 4.62. The minimum Gasteiger partial charge on any atom is -0.360 e. The quantitative estimate of drug-likeness (QED) is 0.476. The molecule has 144 valence electrons. The molecule has 4 aromatic rings. The van der Waals surface area contributed by atoms with Gasteiger partial charge in [-0.1, -0.05) is 35.0 Å². The SMILES string of the molecule is Cc1cn2c(CN(C)C(=O)c3c(-c4ccccc4Cl)noc3C)c(C)nc2s1. The largest absolute Gasteiger partial charge is 0.360 e.